The van der Waals surface area contributed by atoms with Gasteiger partial charge in [0.1, 0.15) is 5.82 Å². The number of nitrogens with one attached hydrogen (secondary N) is 1. The summed E-state index contributed by atoms with van der Waals surface area (Å²) in [5, 5.41) is 3.81. The number of rotatable bonds is 4. The predicted octanol–water partition coefficient (Wildman–Crippen LogP) is 4.15. The summed E-state index contributed by atoms with van der Waals surface area (Å²) in [6, 6.07) is 4.87. The Bertz CT molecular complexity index is 361. The molecule has 0 atom stereocenters. The van der Waals surface area contributed by atoms with Gasteiger partial charge in [-0.1, -0.05) is 36.9 Å². The van der Waals surface area contributed by atoms with Gasteiger partial charge in [-0.25, -0.2) is 4.39 Å². The van der Waals surface area contributed by atoms with Gasteiger partial charge in [0.25, 0.3) is 0 Å². The highest BCUT2D eigenvalue weighted by Crippen LogP contribution is 2.23. The molecule has 0 bridgehead atoms. The maximum absolute atomic E-state index is 13.5. The van der Waals surface area contributed by atoms with Crippen molar-refractivity contribution in [3.05, 3.63) is 34.6 Å². The molecule has 1 aromatic rings. The van der Waals surface area contributed by atoms with Crippen molar-refractivity contribution in [1.29, 1.82) is 0 Å². The first-order valence-electron chi connectivity index (χ1n) is 6.40. The Morgan fingerprint density at radius 1 is 1.24 bits per heavy atom. The minimum absolute atomic E-state index is 0.214. The van der Waals surface area contributed by atoms with Gasteiger partial charge in [-0.3, -0.25) is 0 Å². The largest absolute Gasteiger partial charge is 0.312 e. The van der Waals surface area contributed by atoms with E-state index in [0.717, 1.165) is 12.5 Å². The molecule has 0 radical (unpaired) electrons. The first kappa shape index (κ1) is 12.8. The molecule has 1 aromatic carbocycles. The van der Waals surface area contributed by atoms with Gasteiger partial charge in [0, 0.05) is 17.1 Å². The molecule has 1 saturated carbocycles. The highest BCUT2D eigenvalue weighted by molar-refractivity contribution is 6.30. The van der Waals surface area contributed by atoms with Crippen molar-refractivity contribution in [2.75, 3.05) is 6.54 Å². The van der Waals surface area contributed by atoms with Crippen LogP contribution in [-0.4, -0.2) is 6.54 Å². The van der Waals surface area contributed by atoms with E-state index in [1.165, 1.54) is 38.2 Å². The molecule has 1 nitrogen and oxygen atoms in total. The molecule has 3 heteroatoms. The summed E-state index contributed by atoms with van der Waals surface area (Å²) in [6.07, 6.45) is 6.71. The maximum Gasteiger partial charge on any atom is 0.129 e. The standard InChI is InChI=1S/C14H19ClFN/c15-13-7-6-12(14(16)8-13)10-17-9-11-4-2-1-3-5-11/h6-8,11,17H,1-5,9-10H2. The lowest BCUT2D eigenvalue weighted by Crippen LogP contribution is -2.24. The lowest BCUT2D eigenvalue weighted by molar-refractivity contribution is 0.341. The van der Waals surface area contributed by atoms with Crippen LogP contribution in [0.15, 0.2) is 18.2 Å². The fourth-order valence-corrected chi connectivity index (χ4v) is 2.63. The van der Waals surface area contributed by atoms with E-state index in [-0.39, 0.29) is 5.82 Å². The minimum Gasteiger partial charge on any atom is -0.312 e. The van der Waals surface area contributed by atoms with Gasteiger partial charge in [0.15, 0.2) is 0 Å². The van der Waals surface area contributed by atoms with Crippen molar-refractivity contribution >= 4 is 11.6 Å². The second-order valence-electron chi connectivity index (χ2n) is 4.87. The molecule has 0 spiro atoms. The predicted molar refractivity (Wildman–Crippen MR) is 69.7 cm³/mol. The normalized spacial score (nSPS) is 17.3. The third-order valence-electron chi connectivity index (χ3n) is 3.49. The van der Waals surface area contributed by atoms with E-state index in [2.05, 4.69) is 5.32 Å². The fraction of sp³-hybridized carbons (Fsp3) is 0.571. The van der Waals surface area contributed by atoms with Crippen LogP contribution >= 0.6 is 11.6 Å². The van der Waals surface area contributed by atoms with Crippen molar-refractivity contribution in [2.45, 2.75) is 38.6 Å². The van der Waals surface area contributed by atoms with Crippen LogP contribution in [0.25, 0.3) is 0 Å². The van der Waals surface area contributed by atoms with Crippen LogP contribution in [0.4, 0.5) is 4.39 Å². The number of hydrogen-bond acceptors (Lipinski definition) is 1. The summed E-state index contributed by atoms with van der Waals surface area (Å²) in [7, 11) is 0. The Hall–Kier alpha value is -0.600. The highest BCUT2D eigenvalue weighted by atomic mass is 35.5. The van der Waals surface area contributed by atoms with Crippen molar-refractivity contribution in [1.82, 2.24) is 5.32 Å². The molecule has 94 valence electrons. The van der Waals surface area contributed by atoms with Crippen molar-refractivity contribution in [3.63, 3.8) is 0 Å². The minimum atomic E-state index is -0.214. The van der Waals surface area contributed by atoms with E-state index in [0.29, 0.717) is 17.1 Å². The second-order valence-corrected chi connectivity index (χ2v) is 5.31. The molecule has 2 rings (SSSR count). The smallest absolute Gasteiger partial charge is 0.129 e. The van der Waals surface area contributed by atoms with E-state index in [9.17, 15) is 4.39 Å². The molecule has 0 unspecified atom stereocenters. The molecule has 1 N–H and O–H groups in total. The van der Waals surface area contributed by atoms with Crippen molar-refractivity contribution < 1.29 is 4.39 Å². The molecule has 0 saturated heterocycles. The first-order chi connectivity index (χ1) is 8.25. The van der Waals surface area contributed by atoms with Gasteiger partial charge in [-0.15, -0.1) is 0 Å². The third-order valence-corrected chi connectivity index (χ3v) is 3.72. The maximum atomic E-state index is 13.5. The van der Waals surface area contributed by atoms with Crippen LogP contribution in [0.2, 0.25) is 5.02 Å². The molecular weight excluding hydrogens is 237 g/mol. The van der Waals surface area contributed by atoms with Crippen molar-refractivity contribution in [3.8, 4) is 0 Å². The van der Waals surface area contributed by atoms with Crippen LogP contribution in [0.5, 0.6) is 0 Å². The third kappa shape index (κ3) is 3.97. The summed E-state index contributed by atoms with van der Waals surface area (Å²) in [5.41, 5.74) is 0.699. The number of benzene rings is 1. The quantitative estimate of drug-likeness (QED) is 0.852. The van der Waals surface area contributed by atoms with Gasteiger partial charge in [0.2, 0.25) is 0 Å². The van der Waals surface area contributed by atoms with Crippen LogP contribution < -0.4 is 5.32 Å². The molecule has 17 heavy (non-hydrogen) atoms. The molecule has 1 fully saturated rings. The summed E-state index contributed by atoms with van der Waals surface area (Å²) >= 11 is 5.71. The van der Waals surface area contributed by atoms with E-state index in [4.69, 9.17) is 11.6 Å². The molecule has 0 amide bonds. The van der Waals surface area contributed by atoms with Gasteiger partial charge >= 0.3 is 0 Å². The highest BCUT2D eigenvalue weighted by Gasteiger charge is 2.12. The zero-order chi connectivity index (χ0) is 12.1. The monoisotopic (exact) mass is 255 g/mol. The van der Waals surface area contributed by atoms with Gasteiger partial charge in [-0.2, -0.15) is 0 Å². The number of hydrogen-bond donors (Lipinski definition) is 1. The Morgan fingerprint density at radius 2 is 2.00 bits per heavy atom. The van der Waals surface area contributed by atoms with Gasteiger partial charge < -0.3 is 5.32 Å². The summed E-state index contributed by atoms with van der Waals surface area (Å²) in [6.45, 7) is 1.60. The molecule has 0 heterocycles. The Kier molecular flexibility index (Phi) is 4.81. The van der Waals surface area contributed by atoms with Crippen LogP contribution in [0.1, 0.15) is 37.7 Å². The second kappa shape index (κ2) is 6.36. The average molecular weight is 256 g/mol. The zero-order valence-electron chi connectivity index (χ0n) is 10.0. The molecular formula is C14H19ClFN. The molecule has 0 aliphatic heterocycles. The van der Waals surface area contributed by atoms with E-state index < -0.39 is 0 Å². The van der Waals surface area contributed by atoms with Crippen LogP contribution in [0.3, 0.4) is 0 Å². The lowest BCUT2D eigenvalue weighted by atomic mass is 9.89. The Labute approximate surface area is 107 Å². The van der Waals surface area contributed by atoms with Gasteiger partial charge in [-0.05, 0) is 37.4 Å². The Morgan fingerprint density at radius 3 is 2.71 bits per heavy atom. The van der Waals surface area contributed by atoms with Crippen LogP contribution in [0, 0.1) is 11.7 Å². The van der Waals surface area contributed by atoms with E-state index in [1.807, 2.05) is 0 Å². The summed E-state index contributed by atoms with van der Waals surface area (Å²) in [4.78, 5) is 0. The molecule has 1 aliphatic rings. The average Bonchev–Trinajstić information content (AvgIpc) is 2.33. The molecule has 0 aromatic heterocycles. The van der Waals surface area contributed by atoms with Crippen LogP contribution in [-0.2, 0) is 6.54 Å². The Balaban J connectivity index is 1.77. The SMILES string of the molecule is Fc1cc(Cl)ccc1CNCC1CCCCC1. The van der Waals surface area contributed by atoms with Gasteiger partial charge in [0.05, 0.1) is 0 Å². The number of halogens is 2. The molecule has 1 aliphatic carbocycles. The topological polar surface area (TPSA) is 12.0 Å². The first-order valence-corrected chi connectivity index (χ1v) is 6.78. The van der Waals surface area contributed by atoms with E-state index in [1.54, 1.807) is 12.1 Å². The van der Waals surface area contributed by atoms with Crippen molar-refractivity contribution in [2.24, 2.45) is 5.92 Å². The van der Waals surface area contributed by atoms with E-state index >= 15 is 0 Å². The lowest BCUT2D eigenvalue weighted by Gasteiger charge is -2.21. The summed E-state index contributed by atoms with van der Waals surface area (Å²) < 4.78 is 13.5. The zero-order valence-corrected chi connectivity index (χ0v) is 10.8. The fourth-order valence-electron chi connectivity index (χ4n) is 2.47. The summed E-state index contributed by atoms with van der Waals surface area (Å²) in [5.74, 6) is 0.563.